The Balaban J connectivity index is 2.12. The zero-order chi connectivity index (χ0) is 12.5. The molecule has 0 bridgehead atoms. The van der Waals surface area contributed by atoms with Crippen molar-refractivity contribution in [3.8, 4) is 0 Å². The maximum absolute atomic E-state index is 9.25. The molecule has 1 saturated carbocycles. The highest BCUT2D eigenvalue weighted by atomic mass is 16.3. The lowest BCUT2D eigenvalue weighted by Gasteiger charge is -2.16. The van der Waals surface area contributed by atoms with E-state index in [-0.39, 0.29) is 12.0 Å². The third-order valence-electron chi connectivity index (χ3n) is 3.32. The van der Waals surface area contributed by atoms with Crippen LogP contribution in [0.3, 0.4) is 0 Å². The van der Waals surface area contributed by atoms with Crippen molar-refractivity contribution in [2.45, 2.75) is 26.7 Å². The molecule has 1 heterocycles. The minimum absolute atomic E-state index is 0.0571. The number of hydrogen-bond donors (Lipinski definition) is 4. The molecule has 6 nitrogen and oxygen atoms in total. The van der Waals surface area contributed by atoms with Crippen molar-refractivity contribution in [3.63, 3.8) is 0 Å². The summed E-state index contributed by atoms with van der Waals surface area (Å²) in [6.45, 7) is 4.70. The summed E-state index contributed by atoms with van der Waals surface area (Å²) in [5, 5.41) is 12.5. The Labute approximate surface area is 101 Å². The zero-order valence-electron chi connectivity index (χ0n) is 10.2. The van der Waals surface area contributed by atoms with Crippen LogP contribution in [0.4, 0.5) is 11.6 Å². The van der Waals surface area contributed by atoms with Crippen LogP contribution >= 0.6 is 0 Å². The molecule has 0 spiro atoms. The number of hydrogen-bond acceptors (Lipinski definition) is 6. The van der Waals surface area contributed by atoms with E-state index in [1.807, 2.05) is 13.8 Å². The quantitative estimate of drug-likeness (QED) is 0.441. The van der Waals surface area contributed by atoms with Gasteiger partial charge in [-0.05, 0) is 26.7 Å². The van der Waals surface area contributed by atoms with Gasteiger partial charge in [-0.15, -0.1) is 0 Å². The summed E-state index contributed by atoms with van der Waals surface area (Å²) in [7, 11) is 0. The second-order valence-corrected chi connectivity index (χ2v) is 4.75. The average Bonchev–Trinajstić information content (AvgIpc) is 3.10. The third-order valence-corrected chi connectivity index (χ3v) is 3.32. The van der Waals surface area contributed by atoms with E-state index in [0.29, 0.717) is 11.6 Å². The molecule has 0 saturated heterocycles. The Hall–Kier alpha value is -1.40. The largest absolute Gasteiger partial charge is 0.396 e. The minimum Gasteiger partial charge on any atom is -0.396 e. The highest BCUT2D eigenvalue weighted by molar-refractivity contribution is 5.56. The van der Waals surface area contributed by atoms with E-state index >= 15 is 0 Å². The molecular weight excluding hydrogens is 218 g/mol. The predicted octanol–water partition coefficient (Wildman–Crippen LogP) is 0.563. The van der Waals surface area contributed by atoms with Crippen LogP contribution < -0.4 is 16.6 Å². The number of aryl methyl sites for hydroxylation is 1. The number of nitrogens with one attached hydrogen (secondary N) is 2. The van der Waals surface area contributed by atoms with Gasteiger partial charge >= 0.3 is 0 Å². The van der Waals surface area contributed by atoms with E-state index in [9.17, 15) is 5.11 Å². The highest BCUT2D eigenvalue weighted by Gasteiger charge is 2.41. The SMILES string of the molecule is Cc1nc(NN)c(C)c(NCC2(CO)CC2)n1. The van der Waals surface area contributed by atoms with E-state index in [0.717, 1.165) is 30.8 Å². The highest BCUT2D eigenvalue weighted by Crippen LogP contribution is 2.45. The maximum atomic E-state index is 9.25. The van der Waals surface area contributed by atoms with Crippen molar-refractivity contribution in [1.82, 2.24) is 9.97 Å². The zero-order valence-corrected chi connectivity index (χ0v) is 10.2. The summed E-state index contributed by atoms with van der Waals surface area (Å²) >= 11 is 0. The summed E-state index contributed by atoms with van der Waals surface area (Å²) < 4.78 is 0. The number of rotatable bonds is 5. The number of nitrogen functional groups attached to an aromatic ring is 1. The Kier molecular flexibility index (Phi) is 3.17. The van der Waals surface area contributed by atoms with Crippen LogP contribution in [-0.4, -0.2) is 28.2 Å². The van der Waals surface area contributed by atoms with Gasteiger partial charge in [-0.25, -0.2) is 15.8 Å². The van der Waals surface area contributed by atoms with Crippen LogP contribution in [0.5, 0.6) is 0 Å². The van der Waals surface area contributed by atoms with Crippen molar-refractivity contribution < 1.29 is 5.11 Å². The maximum Gasteiger partial charge on any atom is 0.148 e. The number of nitrogens with two attached hydrogens (primary N) is 1. The van der Waals surface area contributed by atoms with Crippen molar-refractivity contribution in [3.05, 3.63) is 11.4 Å². The molecule has 1 fully saturated rings. The van der Waals surface area contributed by atoms with Gasteiger partial charge in [0.25, 0.3) is 0 Å². The molecule has 1 aromatic heterocycles. The molecule has 5 N–H and O–H groups in total. The van der Waals surface area contributed by atoms with Gasteiger partial charge in [0.2, 0.25) is 0 Å². The predicted molar refractivity (Wildman–Crippen MR) is 66.6 cm³/mol. The molecule has 94 valence electrons. The van der Waals surface area contributed by atoms with E-state index in [2.05, 4.69) is 20.7 Å². The normalized spacial score (nSPS) is 16.7. The monoisotopic (exact) mass is 237 g/mol. The fraction of sp³-hybridized carbons (Fsp3) is 0.636. The summed E-state index contributed by atoms with van der Waals surface area (Å²) in [6.07, 6.45) is 2.14. The molecule has 2 rings (SSSR count). The van der Waals surface area contributed by atoms with Crippen LogP contribution in [0.25, 0.3) is 0 Å². The fourth-order valence-electron chi connectivity index (χ4n) is 1.78. The smallest absolute Gasteiger partial charge is 0.148 e. The first-order valence-corrected chi connectivity index (χ1v) is 5.77. The van der Waals surface area contributed by atoms with Crippen molar-refractivity contribution in [1.29, 1.82) is 0 Å². The lowest BCUT2D eigenvalue weighted by Crippen LogP contribution is -2.21. The molecular formula is C11H19N5O. The number of nitrogens with zero attached hydrogens (tertiary/aromatic N) is 2. The van der Waals surface area contributed by atoms with Gasteiger partial charge < -0.3 is 15.8 Å². The van der Waals surface area contributed by atoms with Crippen molar-refractivity contribution in [2.24, 2.45) is 11.3 Å². The van der Waals surface area contributed by atoms with Crippen LogP contribution in [0.1, 0.15) is 24.2 Å². The lowest BCUT2D eigenvalue weighted by molar-refractivity contribution is 0.219. The second-order valence-electron chi connectivity index (χ2n) is 4.75. The molecule has 17 heavy (non-hydrogen) atoms. The standard InChI is InChI=1S/C11H19N5O/c1-7-9(13-5-11(6-17)3-4-11)14-8(2)15-10(7)16-12/h17H,3-6,12H2,1-2H3,(H2,13,14,15,16). The number of aliphatic hydroxyl groups is 1. The number of aliphatic hydroxyl groups excluding tert-OH is 1. The van der Waals surface area contributed by atoms with Crippen LogP contribution in [-0.2, 0) is 0 Å². The van der Waals surface area contributed by atoms with Crippen LogP contribution in [0.15, 0.2) is 0 Å². The topological polar surface area (TPSA) is 96.1 Å². The van der Waals surface area contributed by atoms with Crippen LogP contribution in [0.2, 0.25) is 0 Å². The van der Waals surface area contributed by atoms with E-state index < -0.39 is 0 Å². The summed E-state index contributed by atoms with van der Waals surface area (Å²) in [6, 6.07) is 0. The molecule has 1 aliphatic rings. The molecule has 0 aromatic carbocycles. The molecule has 6 heteroatoms. The Morgan fingerprint density at radius 2 is 1.94 bits per heavy atom. The van der Waals surface area contributed by atoms with Gasteiger partial charge in [-0.3, -0.25) is 0 Å². The molecule has 0 aliphatic heterocycles. The summed E-state index contributed by atoms with van der Waals surface area (Å²) in [4.78, 5) is 8.54. The number of anilines is 2. The first-order valence-electron chi connectivity index (χ1n) is 5.77. The fourth-order valence-corrected chi connectivity index (χ4v) is 1.78. The van der Waals surface area contributed by atoms with Gasteiger partial charge in [0, 0.05) is 17.5 Å². The van der Waals surface area contributed by atoms with E-state index in [1.165, 1.54) is 0 Å². The van der Waals surface area contributed by atoms with Gasteiger partial charge in [0.15, 0.2) is 0 Å². The molecule has 1 aromatic rings. The van der Waals surface area contributed by atoms with E-state index in [4.69, 9.17) is 5.84 Å². The first kappa shape index (κ1) is 12.1. The van der Waals surface area contributed by atoms with Gasteiger partial charge in [-0.1, -0.05) is 0 Å². The van der Waals surface area contributed by atoms with Gasteiger partial charge in [0.1, 0.15) is 17.5 Å². The first-order chi connectivity index (χ1) is 8.10. The summed E-state index contributed by atoms with van der Waals surface area (Å²) in [5.41, 5.74) is 3.52. The molecule has 0 radical (unpaired) electrons. The molecule has 0 atom stereocenters. The molecule has 0 amide bonds. The van der Waals surface area contributed by atoms with Gasteiger partial charge in [0.05, 0.1) is 6.61 Å². The van der Waals surface area contributed by atoms with Gasteiger partial charge in [-0.2, -0.15) is 0 Å². The Morgan fingerprint density at radius 1 is 1.29 bits per heavy atom. The minimum atomic E-state index is 0.0571. The van der Waals surface area contributed by atoms with Crippen LogP contribution in [0, 0.1) is 19.3 Å². The summed E-state index contributed by atoms with van der Waals surface area (Å²) in [5.74, 6) is 7.48. The molecule has 1 aliphatic carbocycles. The molecule has 0 unspecified atom stereocenters. The second kappa shape index (κ2) is 4.46. The third kappa shape index (κ3) is 2.48. The van der Waals surface area contributed by atoms with Crippen molar-refractivity contribution >= 4 is 11.6 Å². The number of aromatic nitrogens is 2. The van der Waals surface area contributed by atoms with E-state index in [1.54, 1.807) is 0 Å². The Bertz CT molecular complexity index is 417. The Morgan fingerprint density at radius 3 is 2.47 bits per heavy atom. The average molecular weight is 237 g/mol. The van der Waals surface area contributed by atoms with Crippen molar-refractivity contribution in [2.75, 3.05) is 23.9 Å². The number of hydrazine groups is 1. The lowest BCUT2D eigenvalue weighted by atomic mass is 10.1.